The summed E-state index contributed by atoms with van der Waals surface area (Å²) >= 11 is 0. The Labute approximate surface area is 156 Å². The van der Waals surface area contributed by atoms with Gasteiger partial charge < -0.3 is 19.9 Å². The van der Waals surface area contributed by atoms with Gasteiger partial charge in [-0.25, -0.2) is 4.79 Å². The van der Waals surface area contributed by atoms with Crippen LogP contribution in [0.2, 0.25) is 0 Å². The average Bonchev–Trinajstić information content (AvgIpc) is 3.00. The van der Waals surface area contributed by atoms with Crippen molar-refractivity contribution in [2.24, 2.45) is 0 Å². The number of rotatable bonds is 6. The normalized spacial score (nSPS) is 11.3. The van der Waals surface area contributed by atoms with E-state index in [-0.39, 0.29) is 18.1 Å². The maximum Gasteiger partial charge on any atom is 0.410 e. The predicted molar refractivity (Wildman–Crippen MR) is 101 cm³/mol. The van der Waals surface area contributed by atoms with E-state index in [9.17, 15) is 19.7 Å². The van der Waals surface area contributed by atoms with Crippen LogP contribution in [0.25, 0.3) is 10.9 Å². The van der Waals surface area contributed by atoms with Crippen LogP contribution in [0.15, 0.2) is 24.3 Å². The molecule has 0 bridgehead atoms. The van der Waals surface area contributed by atoms with Gasteiger partial charge in [-0.3, -0.25) is 14.9 Å². The van der Waals surface area contributed by atoms with E-state index in [1.807, 2.05) is 6.92 Å². The summed E-state index contributed by atoms with van der Waals surface area (Å²) in [4.78, 5) is 39.1. The zero-order valence-electron chi connectivity index (χ0n) is 15.9. The highest BCUT2D eigenvalue weighted by Gasteiger charge is 2.21. The number of nitro groups is 1. The van der Waals surface area contributed by atoms with Crippen LogP contribution in [0.4, 0.5) is 10.5 Å². The van der Waals surface area contributed by atoms with Gasteiger partial charge in [-0.1, -0.05) is 0 Å². The number of H-pyrrole nitrogens is 1. The average molecular weight is 376 g/mol. The molecule has 0 aliphatic heterocycles. The Morgan fingerprint density at radius 2 is 2.00 bits per heavy atom. The molecule has 27 heavy (non-hydrogen) atoms. The van der Waals surface area contributed by atoms with Gasteiger partial charge in [0.15, 0.2) is 0 Å². The van der Waals surface area contributed by atoms with E-state index in [1.165, 1.54) is 17.0 Å². The Kier molecular flexibility index (Phi) is 6.04. The Hall–Kier alpha value is -3.10. The van der Waals surface area contributed by atoms with Gasteiger partial charge in [0.1, 0.15) is 11.3 Å². The first kappa shape index (κ1) is 20.2. The summed E-state index contributed by atoms with van der Waals surface area (Å²) in [5, 5.41) is 14.1. The number of nitrogens with zero attached hydrogens (tertiary/aromatic N) is 2. The van der Waals surface area contributed by atoms with Gasteiger partial charge in [0, 0.05) is 42.7 Å². The summed E-state index contributed by atoms with van der Waals surface area (Å²) in [5.41, 5.74) is 0.311. The molecule has 0 aliphatic rings. The van der Waals surface area contributed by atoms with Crippen molar-refractivity contribution in [2.45, 2.75) is 33.3 Å². The van der Waals surface area contributed by atoms with Crippen LogP contribution in [0.5, 0.6) is 0 Å². The third-order valence-electron chi connectivity index (χ3n) is 3.76. The highest BCUT2D eigenvalue weighted by atomic mass is 16.6. The standard InChI is InChI=1S/C18H24N4O5/c1-5-21(17(24)27-18(2,3)4)9-8-19-16(23)15-11-12-10-13(22(25)26)6-7-14(12)20-15/h6-7,10-11,20H,5,8-9H2,1-4H3,(H,19,23). The lowest BCUT2D eigenvalue weighted by Gasteiger charge is -2.26. The van der Waals surface area contributed by atoms with Gasteiger partial charge >= 0.3 is 6.09 Å². The van der Waals surface area contributed by atoms with Crippen LogP contribution >= 0.6 is 0 Å². The van der Waals surface area contributed by atoms with Gasteiger partial charge in [0.2, 0.25) is 0 Å². The Bertz CT molecular complexity index is 853. The van der Waals surface area contributed by atoms with Crippen LogP contribution in [-0.2, 0) is 4.74 Å². The summed E-state index contributed by atoms with van der Waals surface area (Å²) < 4.78 is 5.32. The van der Waals surface area contributed by atoms with Gasteiger partial charge in [-0.2, -0.15) is 0 Å². The van der Waals surface area contributed by atoms with Crippen LogP contribution in [0.3, 0.4) is 0 Å². The fourth-order valence-electron chi connectivity index (χ4n) is 2.46. The van der Waals surface area contributed by atoms with E-state index in [1.54, 1.807) is 32.9 Å². The molecule has 0 fully saturated rings. The van der Waals surface area contributed by atoms with Gasteiger partial charge in [-0.05, 0) is 39.8 Å². The number of likely N-dealkylation sites (N-methyl/N-ethyl adjacent to an activating group) is 1. The topological polar surface area (TPSA) is 118 Å². The smallest absolute Gasteiger partial charge is 0.410 e. The van der Waals surface area contributed by atoms with Crippen molar-refractivity contribution in [1.82, 2.24) is 15.2 Å². The zero-order valence-corrected chi connectivity index (χ0v) is 15.9. The van der Waals surface area contributed by atoms with E-state index in [0.717, 1.165) is 0 Å². The van der Waals surface area contributed by atoms with Crippen molar-refractivity contribution in [1.29, 1.82) is 0 Å². The van der Waals surface area contributed by atoms with E-state index in [2.05, 4.69) is 10.3 Å². The van der Waals surface area contributed by atoms with Gasteiger partial charge in [0.05, 0.1) is 4.92 Å². The first-order valence-electron chi connectivity index (χ1n) is 8.64. The lowest BCUT2D eigenvalue weighted by atomic mass is 10.2. The van der Waals surface area contributed by atoms with Crippen LogP contribution in [0.1, 0.15) is 38.2 Å². The van der Waals surface area contributed by atoms with Crippen LogP contribution in [0, 0.1) is 10.1 Å². The molecule has 0 unspecified atom stereocenters. The number of benzene rings is 1. The lowest BCUT2D eigenvalue weighted by molar-refractivity contribution is -0.384. The quantitative estimate of drug-likeness (QED) is 0.593. The molecular formula is C18H24N4O5. The molecular weight excluding hydrogens is 352 g/mol. The molecule has 0 saturated carbocycles. The van der Waals surface area contributed by atoms with Crippen LogP contribution in [-0.4, -0.2) is 52.0 Å². The minimum atomic E-state index is -0.583. The van der Waals surface area contributed by atoms with Gasteiger partial charge in [0.25, 0.3) is 11.6 Å². The maximum absolute atomic E-state index is 12.3. The highest BCUT2D eigenvalue weighted by molar-refractivity contribution is 5.98. The molecule has 2 aromatic rings. The second kappa shape index (κ2) is 8.07. The monoisotopic (exact) mass is 376 g/mol. The van der Waals surface area contributed by atoms with Crippen molar-refractivity contribution >= 4 is 28.6 Å². The lowest BCUT2D eigenvalue weighted by Crippen LogP contribution is -2.41. The van der Waals surface area contributed by atoms with Crippen molar-refractivity contribution in [3.63, 3.8) is 0 Å². The summed E-state index contributed by atoms with van der Waals surface area (Å²) in [6.07, 6.45) is -0.433. The third-order valence-corrected chi connectivity index (χ3v) is 3.76. The number of hydrogen-bond acceptors (Lipinski definition) is 5. The fourth-order valence-corrected chi connectivity index (χ4v) is 2.46. The molecule has 0 spiro atoms. The van der Waals surface area contributed by atoms with Crippen molar-refractivity contribution < 1.29 is 19.2 Å². The number of carbonyl (C=O) groups is 2. The minimum Gasteiger partial charge on any atom is -0.444 e. The van der Waals surface area contributed by atoms with E-state index in [0.29, 0.717) is 29.7 Å². The summed E-state index contributed by atoms with van der Waals surface area (Å²) in [7, 11) is 0. The molecule has 1 heterocycles. The molecule has 2 N–H and O–H groups in total. The number of ether oxygens (including phenoxy) is 1. The molecule has 2 amide bonds. The first-order valence-corrected chi connectivity index (χ1v) is 8.64. The zero-order chi connectivity index (χ0) is 20.2. The first-order chi connectivity index (χ1) is 12.6. The number of hydrogen-bond donors (Lipinski definition) is 2. The molecule has 0 saturated heterocycles. The number of nitrogens with one attached hydrogen (secondary N) is 2. The number of nitro benzene ring substituents is 1. The van der Waals surface area contributed by atoms with E-state index >= 15 is 0 Å². The largest absolute Gasteiger partial charge is 0.444 e. The molecule has 9 nitrogen and oxygen atoms in total. The van der Waals surface area contributed by atoms with E-state index in [4.69, 9.17) is 4.74 Å². The Morgan fingerprint density at radius 1 is 1.30 bits per heavy atom. The summed E-state index contributed by atoms with van der Waals surface area (Å²) in [6.45, 7) is 8.23. The number of amides is 2. The fraction of sp³-hybridized carbons (Fsp3) is 0.444. The van der Waals surface area contributed by atoms with Crippen LogP contribution < -0.4 is 5.32 Å². The highest BCUT2D eigenvalue weighted by Crippen LogP contribution is 2.21. The molecule has 0 atom stereocenters. The number of carbonyl (C=O) groups excluding carboxylic acids is 2. The Morgan fingerprint density at radius 3 is 2.59 bits per heavy atom. The summed E-state index contributed by atoms with van der Waals surface area (Å²) in [6, 6.07) is 5.90. The molecule has 2 rings (SSSR count). The maximum atomic E-state index is 12.3. The second-order valence-electron chi connectivity index (χ2n) is 7.03. The molecule has 1 aromatic heterocycles. The predicted octanol–water partition coefficient (Wildman–Crippen LogP) is 3.06. The molecule has 9 heteroatoms. The number of fused-ring (bicyclic) bond motifs is 1. The second-order valence-corrected chi connectivity index (χ2v) is 7.03. The molecule has 0 aliphatic carbocycles. The Balaban J connectivity index is 1.96. The van der Waals surface area contributed by atoms with E-state index < -0.39 is 16.6 Å². The van der Waals surface area contributed by atoms with Gasteiger partial charge in [-0.15, -0.1) is 0 Å². The minimum absolute atomic E-state index is 0.0376. The third kappa shape index (κ3) is 5.44. The van der Waals surface area contributed by atoms with Crippen molar-refractivity contribution in [3.05, 3.63) is 40.1 Å². The molecule has 1 aromatic carbocycles. The summed E-state index contributed by atoms with van der Waals surface area (Å²) in [5.74, 6) is -0.353. The SMILES string of the molecule is CCN(CCNC(=O)c1cc2cc([N+](=O)[O-])ccc2[nH]1)C(=O)OC(C)(C)C. The van der Waals surface area contributed by atoms with Crippen molar-refractivity contribution in [3.8, 4) is 0 Å². The van der Waals surface area contributed by atoms with Crippen molar-refractivity contribution in [2.75, 3.05) is 19.6 Å². The number of aromatic nitrogens is 1. The number of aromatic amines is 1. The molecule has 0 radical (unpaired) electrons. The number of non-ortho nitro benzene ring substituents is 1. The molecule has 146 valence electrons.